The van der Waals surface area contributed by atoms with Gasteiger partial charge in [-0.1, -0.05) is 0 Å². The number of benzene rings is 2. The molecular weight excluding hydrogens is 479 g/mol. The molecule has 8 nitrogen and oxygen atoms in total. The summed E-state index contributed by atoms with van der Waals surface area (Å²) in [7, 11) is 1.47. The molecule has 2 heterocycles. The molecule has 2 atom stereocenters. The highest BCUT2D eigenvalue weighted by molar-refractivity contribution is 5.96. The fourth-order valence-electron chi connectivity index (χ4n) is 4.23. The Hall–Kier alpha value is -3.53. The number of rotatable bonds is 10. The first-order valence-corrected chi connectivity index (χ1v) is 12.0. The Kier molecular flexibility index (Phi) is 7.49. The van der Waals surface area contributed by atoms with E-state index in [0.717, 1.165) is 0 Å². The Morgan fingerprint density at radius 1 is 1.22 bits per heavy atom. The van der Waals surface area contributed by atoms with Crippen molar-refractivity contribution >= 4 is 5.78 Å². The number of hydrogen-bond donors (Lipinski definition) is 3. The van der Waals surface area contributed by atoms with E-state index in [9.17, 15) is 14.3 Å². The monoisotopic (exact) mass is 510 g/mol. The van der Waals surface area contributed by atoms with E-state index in [0.29, 0.717) is 45.3 Å². The third-order valence-corrected chi connectivity index (χ3v) is 6.45. The first kappa shape index (κ1) is 26.5. The van der Waals surface area contributed by atoms with E-state index in [1.165, 1.54) is 19.2 Å². The molecular formula is C28H31FN2O6. The van der Waals surface area contributed by atoms with Gasteiger partial charge in [-0.25, -0.2) is 9.37 Å². The second-order valence-electron chi connectivity index (χ2n) is 9.58. The van der Waals surface area contributed by atoms with Crippen LogP contribution in [0.15, 0.2) is 48.5 Å². The van der Waals surface area contributed by atoms with Crippen LogP contribution < -0.4 is 19.9 Å². The van der Waals surface area contributed by atoms with Crippen molar-refractivity contribution in [1.82, 2.24) is 4.98 Å². The van der Waals surface area contributed by atoms with Gasteiger partial charge in [0.15, 0.2) is 23.0 Å². The molecule has 0 fully saturated rings. The summed E-state index contributed by atoms with van der Waals surface area (Å²) in [6.45, 7) is 3.62. The van der Waals surface area contributed by atoms with Crippen LogP contribution >= 0.6 is 0 Å². The number of methoxy groups -OCH3 is 1. The zero-order valence-corrected chi connectivity index (χ0v) is 21.1. The maximum Gasteiger partial charge on any atom is 0.163 e. The quantitative estimate of drug-likeness (QED) is 0.353. The molecule has 1 aliphatic heterocycles. The van der Waals surface area contributed by atoms with Crippen LogP contribution in [0.4, 0.5) is 4.39 Å². The Morgan fingerprint density at radius 2 is 1.95 bits per heavy atom. The van der Waals surface area contributed by atoms with E-state index in [1.807, 2.05) is 6.92 Å². The van der Waals surface area contributed by atoms with Crippen LogP contribution in [0, 0.1) is 5.82 Å². The second kappa shape index (κ2) is 10.5. The van der Waals surface area contributed by atoms with E-state index < -0.39 is 11.1 Å². The number of aliphatic hydroxyl groups excluding tert-OH is 1. The molecule has 3 aromatic rings. The molecule has 0 radical (unpaired) electrons. The summed E-state index contributed by atoms with van der Waals surface area (Å²) in [5.74, 6) is 0.721. The van der Waals surface area contributed by atoms with E-state index in [1.54, 1.807) is 43.3 Å². The minimum Gasteiger partial charge on any atom is -0.493 e. The maximum atomic E-state index is 13.5. The number of ether oxygens (including phenoxy) is 3. The van der Waals surface area contributed by atoms with Gasteiger partial charge in [0.2, 0.25) is 0 Å². The van der Waals surface area contributed by atoms with Crippen molar-refractivity contribution < 1.29 is 33.6 Å². The van der Waals surface area contributed by atoms with Gasteiger partial charge in [-0.2, -0.15) is 0 Å². The van der Waals surface area contributed by atoms with Crippen molar-refractivity contribution in [3.63, 3.8) is 0 Å². The molecule has 0 spiro atoms. The van der Waals surface area contributed by atoms with Crippen molar-refractivity contribution in [2.24, 2.45) is 5.73 Å². The highest BCUT2D eigenvalue weighted by Gasteiger charge is 2.38. The molecule has 1 aliphatic rings. The molecule has 2 aromatic carbocycles. The molecule has 4 rings (SSSR count). The molecule has 0 amide bonds. The molecule has 0 unspecified atom stereocenters. The van der Waals surface area contributed by atoms with Gasteiger partial charge in [-0.05, 0) is 68.8 Å². The average Bonchev–Trinajstić information content (AvgIpc) is 3.20. The van der Waals surface area contributed by atoms with E-state index in [2.05, 4.69) is 4.98 Å². The van der Waals surface area contributed by atoms with Crippen LogP contribution in [-0.4, -0.2) is 47.9 Å². The van der Waals surface area contributed by atoms with Crippen LogP contribution in [0.1, 0.15) is 48.3 Å². The van der Waals surface area contributed by atoms with Gasteiger partial charge in [0.25, 0.3) is 0 Å². The van der Waals surface area contributed by atoms with Crippen molar-refractivity contribution in [3.05, 3.63) is 71.2 Å². The van der Waals surface area contributed by atoms with Gasteiger partial charge < -0.3 is 30.2 Å². The lowest BCUT2D eigenvalue weighted by atomic mass is 9.88. The first-order chi connectivity index (χ1) is 17.6. The van der Waals surface area contributed by atoms with Crippen molar-refractivity contribution in [2.45, 2.75) is 37.8 Å². The highest BCUT2D eigenvalue weighted by atomic mass is 19.1. The van der Waals surface area contributed by atoms with Crippen molar-refractivity contribution in [3.8, 4) is 28.5 Å². The number of pyridine rings is 1. The number of fused-ring (bicyclic) bond motifs is 1. The van der Waals surface area contributed by atoms with E-state index >= 15 is 0 Å². The van der Waals surface area contributed by atoms with E-state index in [4.69, 9.17) is 25.1 Å². The van der Waals surface area contributed by atoms with Crippen molar-refractivity contribution in [2.75, 3.05) is 26.9 Å². The predicted molar refractivity (Wildman–Crippen MR) is 135 cm³/mol. The van der Waals surface area contributed by atoms with E-state index in [-0.39, 0.29) is 44.3 Å². The Labute approximate surface area is 214 Å². The Bertz CT molecular complexity index is 1290. The minimum atomic E-state index is -1.47. The lowest BCUT2D eigenvalue weighted by molar-refractivity contribution is 0.0396. The van der Waals surface area contributed by atoms with Crippen LogP contribution in [-0.2, 0) is 11.1 Å². The van der Waals surface area contributed by atoms with Crippen LogP contribution in [0.25, 0.3) is 11.3 Å². The van der Waals surface area contributed by atoms with Gasteiger partial charge in [-0.3, -0.25) is 4.79 Å². The number of aromatic nitrogens is 1. The first-order valence-electron chi connectivity index (χ1n) is 12.0. The number of carbonyl (C=O) groups is 1. The Morgan fingerprint density at radius 3 is 2.62 bits per heavy atom. The normalized spacial score (nSPS) is 18.0. The van der Waals surface area contributed by atoms with Gasteiger partial charge in [0, 0.05) is 23.1 Å². The summed E-state index contributed by atoms with van der Waals surface area (Å²) >= 11 is 0. The molecule has 0 aliphatic carbocycles. The van der Waals surface area contributed by atoms with Crippen LogP contribution in [0.3, 0.4) is 0 Å². The lowest BCUT2D eigenvalue weighted by Gasteiger charge is -2.25. The third kappa shape index (κ3) is 5.58. The summed E-state index contributed by atoms with van der Waals surface area (Å²) in [4.78, 5) is 17.7. The van der Waals surface area contributed by atoms with Crippen LogP contribution in [0.5, 0.6) is 17.2 Å². The minimum absolute atomic E-state index is 0.0358. The third-order valence-electron chi connectivity index (χ3n) is 6.45. The fourth-order valence-corrected chi connectivity index (χ4v) is 4.23. The summed E-state index contributed by atoms with van der Waals surface area (Å²) in [5, 5.41) is 20.4. The molecule has 9 heteroatoms. The fraction of sp³-hybridized carbons (Fsp3) is 0.357. The van der Waals surface area contributed by atoms with Gasteiger partial charge >= 0.3 is 0 Å². The highest BCUT2D eigenvalue weighted by Crippen LogP contribution is 2.44. The number of aliphatic hydroxyl groups is 2. The molecule has 37 heavy (non-hydrogen) atoms. The number of nitrogens with two attached hydrogens (primary N) is 1. The Balaban J connectivity index is 1.60. The largest absolute Gasteiger partial charge is 0.493 e. The molecule has 1 aromatic heterocycles. The average molecular weight is 511 g/mol. The summed E-state index contributed by atoms with van der Waals surface area (Å²) < 4.78 is 30.1. The molecule has 0 saturated heterocycles. The molecule has 196 valence electrons. The zero-order chi connectivity index (χ0) is 26.8. The number of nitrogens with zero attached hydrogens (tertiary/aromatic N) is 1. The number of halogens is 1. The summed E-state index contributed by atoms with van der Waals surface area (Å²) in [6.07, 6.45) is 0.127. The van der Waals surface area contributed by atoms with Gasteiger partial charge in [0.1, 0.15) is 30.3 Å². The molecule has 4 N–H and O–H groups in total. The molecule has 0 bridgehead atoms. The van der Waals surface area contributed by atoms with Crippen molar-refractivity contribution in [1.29, 1.82) is 0 Å². The summed E-state index contributed by atoms with van der Waals surface area (Å²) in [5.41, 5.74) is 6.70. The van der Waals surface area contributed by atoms with Gasteiger partial charge in [-0.15, -0.1) is 0 Å². The number of Topliss-reactive ketones (excluding diaryl/α,β-unsaturated/α-hetero) is 1. The molecule has 0 saturated carbocycles. The standard InChI is InChI=1S/C28H31FN2O6/c1-27(30)16-37-26-20(27)15-24(31-25(26)17-4-7-19(29)8-5-17)28(2,34)11-10-21(33)18-6-9-22(36-13-12-32)23(14-18)35-3/h4-9,14-15,32,34H,10-13,16,30H2,1-3H3/t27-,28-/m1/s1. The summed E-state index contributed by atoms with van der Waals surface area (Å²) in [6, 6.07) is 12.4. The zero-order valence-electron chi connectivity index (χ0n) is 21.1. The smallest absolute Gasteiger partial charge is 0.163 e. The SMILES string of the molecule is COc1cc(C(=O)CC[C@@](C)(O)c2cc3c(c(-c4ccc(F)cc4)n2)OC[C@@]3(C)N)ccc1OCCO. The second-order valence-corrected chi connectivity index (χ2v) is 9.58. The maximum absolute atomic E-state index is 13.5. The topological polar surface area (TPSA) is 124 Å². The van der Waals surface area contributed by atoms with Crippen LogP contribution in [0.2, 0.25) is 0 Å². The van der Waals surface area contributed by atoms with Gasteiger partial charge in [0.05, 0.1) is 24.9 Å². The predicted octanol–water partition coefficient (Wildman–Crippen LogP) is 3.70. The number of hydrogen-bond acceptors (Lipinski definition) is 8. The number of carbonyl (C=O) groups excluding carboxylic acids is 1. The number of ketones is 1. The lowest BCUT2D eigenvalue weighted by Crippen LogP contribution is -2.35.